The Morgan fingerprint density at radius 1 is 1.25 bits per heavy atom. The average Bonchev–Trinajstić information content (AvgIpc) is 2.39. The van der Waals surface area contributed by atoms with Crippen molar-refractivity contribution >= 4 is 0 Å². The molecule has 2 fully saturated rings. The van der Waals surface area contributed by atoms with E-state index in [0.717, 1.165) is 11.8 Å². The van der Waals surface area contributed by atoms with Gasteiger partial charge in [-0.05, 0) is 38.5 Å². The maximum Gasteiger partial charge on any atom is 0.0465 e. The lowest BCUT2D eigenvalue weighted by molar-refractivity contribution is 0.135. The molecule has 1 N–H and O–H groups in total. The van der Waals surface area contributed by atoms with Crippen LogP contribution in [0.1, 0.15) is 20.8 Å². The van der Waals surface area contributed by atoms with Gasteiger partial charge >= 0.3 is 0 Å². The Morgan fingerprint density at radius 3 is 2.08 bits per heavy atom. The number of aliphatic hydroxyl groups excluding tert-OH is 1. The molecule has 0 radical (unpaired) electrons. The standard InChI is InChI=1S/C10H19NO/c1-10(2,3)11-4-7-8(5-11)9(7)6-12/h7-9,12H,4-6H2,1-3H3/t7-,8+,9?. The van der Waals surface area contributed by atoms with Gasteiger partial charge in [0.05, 0.1) is 0 Å². The summed E-state index contributed by atoms with van der Waals surface area (Å²) < 4.78 is 0. The number of rotatable bonds is 1. The Bertz CT molecular complexity index is 173. The lowest BCUT2D eigenvalue weighted by atomic mass is 10.1. The van der Waals surface area contributed by atoms with Crippen LogP contribution in [0.3, 0.4) is 0 Å². The van der Waals surface area contributed by atoms with Crippen LogP contribution >= 0.6 is 0 Å². The number of aliphatic hydroxyl groups is 1. The van der Waals surface area contributed by atoms with Crippen LogP contribution in [0.4, 0.5) is 0 Å². The van der Waals surface area contributed by atoms with E-state index >= 15 is 0 Å². The second-order valence-corrected chi connectivity index (χ2v) is 5.25. The minimum Gasteiger partial charge on any atom is -0.396 e. The highest BCUT2D eigenvalue weighted by atomic mass is 16.3. The number of likely N-dealkylation sites (tertiary alicyclic amines) is 1. The summed E-state index contributed by atoms with van der Waals surface area (Å²) in [6.45, 7) is 9.63. The second-order valence-electron chi connectivity index (χ2n) is 5.25. The smallest absolute Gasteiger partial charge is 0.0465 e. The van der Waals surface area contributed by atoms with Gasteiger partial charge in [0.25, 0.3) is 0 Å². The molecule has 1 saturated heterocycles. The molecule has 2 nitrogen and oxygen atoms in total. The molecule has 2 heteroatoms. The first-order valence-corrected chi connectivity index (χ1v) is 4.90. The summed E-state index contributed by atoms with van der Waals surface area (Å²) in [7, 11) is 0. The van der Waals surface area contributed by atoms with Crippen molar-refractivity contribution in [3.05, 3.63) is 0 Å². The third-order valence-electron chi connectivity index (χ3n) is 3.53. The van der Waals surface area contributed by atoms with Crippen molar-refractivity contribution in [2.24, 2.45) is 17.8 Å². The summed E-state index contributed by atoms with van der Waals surface area (Å²) in [5.74, 6) is 2.27. The molecule has 1 saturated carbocycles. The molecule has 1 heterocycles. The van der Waals surface area contributed by atoms with Crippen LogP contribution in [0.5, 0.6) is 0 Å². The predicted octanol–water partition coefficient (Wildman–Crippen LogP) is 0.955. The molecule has 70 valence electrons. The van der Waals surface area contributed by atoms with E-state index < -0.39 is 0 Å². The van der Waals surface area contributed by atoms with Crippen molar-refractivity contribution in [3.63, 3.8) is 0 Å². The summed E-state index contributed by atoms with van der Waals surface area (Å²) in [5.41, 5.74) is 0.327. The van der Waals surface area contributed by atoms with E-state index in [1.165, 1.54) is 13.1 Å². The predicted molar refractivity (Wildman–Crippen MR) is 48.9 cm³/mol. The van der Waals surface area contributed by atoms with Crippen LogP contribution < -0.4 is 0 Å². The third-order valence-corrected chi connectivity index (χ3v) is 3.53. The molecule has 0 amide bonds. The lowest BCUT2D eigenvalue weighted by Crippen LogP contribution is -2.41. The van der Waals surface area contributed by atoms with Crippen LogP contribution in [0.15, 0.2) is 0 Å². The Morgan fingerprint density at radius 2 is 1.75 bits per heavy atom. The van der Waals surface area contributed by atoms with Gasteiger partial charge in [-0.25, -0.2) is 0 Å². The largest absolute Gasteiger partial charge is 0.396 e. The molecular formula is C10H19NO. The quantitative estimate of drug-likeness (QED) is 0.632. The van der Waals surface area contributed by atoms with Crippen molar-refractivity contribution in [2.45, 2.75) is 26.3 Å². The number of nitrogens with zero attached hydrogens (tertiary/aromatic N) is 1. The van der Waals surface area contributed by atoms with Crippen molar-refractivity contribution in [2.75, 3.05) is 19.7 Å². The zero-order valence-corrected chi connectivity index (χ0v) is 8.25. The lowest BCUT2D eigenvalue weighted by Gasteiger charge is -2.33. The molecule has 0 spiro atoms. The summed E-state index contributed by atoms with van der Waals surface area (Å²) in [6.07, 6.45) is 0. The van der Waals surface area contributed by atoms with Gasteiger partial charge in [0, 0.05) is 25.2 Å². The van der Waals surface area contributed by atoms with Gasteiger partial charge < -0.3 is 5.11 Å². The molecule has 2 aliphatic rings. The van der Waals surface area contributed by atoms with E-state index in [9.17, 15) is 0 Å². The van der Waals surface area contributed by atoms with Crippen LogP contribution in [-0.2, 0) is 0 Å². The second kappa shape index (κ2) is 2.46. The average molecular weight is 169 g/mol. The maximum atomic E-state index is 8.98. The molecule has 2 rings (SSSR count). The van der Waals surface area contributed by atoms with Gasteiger partial charge in [-0.15, -0.1) is 0 Å². The van der Waals surface area contributed by atoms with E-state index in [0.29, 0.717) is 18.1 Å². The van der Waals surface area contributed by atoms with Crippen molar-refractivity contribution in [1.82, 2.24) is 4.90 Å². The zero-order chi connectivity index (χ0) is 8.93. The van der Waals surface area contributed by atoms with Crippen molar-refractivity contribution < 1.29 is 5.11 Å². The molecule has 0 aromatic rings. The molecule has 12 heavy (non-hydrogen) atoms. The molecule has 0 aromatic heterocycles. The minimum atomic E-state index is 0.327. The monoisotopic (exact) mass is 169 g/mol. The first-order chi connectivity index (χ1) is 5.54. The fourth-order valence-corrected chi connectivity index (χ4v) is 2.47. The normalized spacial score (nSPS) is 41.5. The van der Waals surface area contributed by atoms with Gasteiger partial charge in [-0.3, -0.25) is 4.90 Å². The molecule has 0 bridgehead atoms. The molecule has 1 aliphatic heterocycles. The van der Waals surface area contributed by atoms with Gasteiger partial charge in [0.15, 0.2) is 0 Å². The van der Waals surface area contributed by atoms with E-state index in [2.05, 4.69) is 25.7 Å². The molecule has 1 aliphatic carbocycles. The first-order valence-electron chi connectivity index (χ1n) is 4.90. The van der Waals surface area contributed by atoms with Crippen LogP contribution in [0.2, 0.25) is 0 Å². The highest BCUT2D eigenvalue weighted by Crippen LogP contribution is 2.52. The van der Waals surface area contributed by atoms with Crippen LogP contribution in [-0.4, -0.2) is 35.2 Å². The summed E-state index contributed by atoms with van der Waals surface area (Å²) in [4.78, 5) is 2.54. The summed E-state index contributed by atoms with van der Waals surface area (Å²) in [6, 6.07) is 0. The molecular weight excluding hydrogens is 150 g/mol. The fraction of sp³-hybridized carbons (Fsp3) is 1.00. The van der Waals surface area contributed by atoms with Crippen LogP contribution in [0, 0.1) is 17.8 Å². The van der Waals surface area contributed by atoms with E-state index in [4.69, 9.17) is 5.11 Å². The first kappa shape index (κ1) is 8.52. The van der Waals surface area contributed by atoms with Gasteiger partial charge in [0.1, 0.15) is 0 Å². The van der Waals surface area contributed by atoms with Crippen LogP contribution in [0.25, 0.3) is 0 Å². The van der Waals surface area contributed by atoms with Crippen molar-refractivity contribution in [3.8, 4) is 0 Å². The van der Waals surface area contributed by atoms with Gasteiger partial charge in [0.2, 0.25) is 0 Å². The number of piperidine rings is 1. The molecule has 1 unspecified atom stereocenters. The summed E-state index contributed by atoms with van der Waals surface area (Å²) >= 11 is 0. The van der Waals surface area contributed by atoms with Gasteiger partial charge in [-0.2, -0.15) is 0 Å². The van der Waals surface area contributed by atoms with E-state index in [1.807, 2.05) is 0 Å². The maximum absolute atomic E-state index is 8.98. The van der Waals surface area contributed by atoms with Gasteiger partial charge in [-0.1, -0.05) is 0 Å². The topological polar surface area (TPSA) is 23.5 Å². The van der Waals surface area contributed by atoms with E-state index in [-0.39, 0.29) is 0 Å². The molecule has 0 aromatic carbocycles. The Balaban J connectivity index is 1.90. The minimum absolute atomic E-state index is 0.327. The Labute approximate surface area is 74.6 Å². The highest BCUT2D eigenvalue weighted by molar-refractivity contribution is 5.06. The fourth-order valence-electron chi connectivity index (χ4n) is 2.47. The molecule has 3 atom stereocenters. The highest BCUT2D eigenvalue weighted by Gasteiger charge is 2.56. The number of hydrogen-bond acceptors (Lipinski definition) is 2. The Kier molecular flexibility index (Phi) is 1.74. The zero-order valence-electron chi connectivity index (χ0n) is 8.25. The number of hydrogen-bond donors (Lipinski definition) is 1. The van der Waals surface area contributed by atoms with Crippen molar-refractivity contribution in [1.29, 1.82) is 0 Å². The SMILES string of the molecule is CC(C)(C)N1C[C@@H]2C(CO)[C@@H]2C1. The van der Waals surface area contributed by atoms with E-state index in [1.54, 1.807) is 0 Å². The Hall–Kier alpha value is -0.0800. The number of fused-ring (bicyclic) bond motifs is 1. The third kappa shape index (κ3) is 1.17. The summed E-state index contributed by atoms with van der Waals surface area (Å²) in [5, 5.41) is 8.98.